The summed E-state index contributed by atoms with van der Waals surface area (Å²) in [6.07, 6.45) is 0. The van der Waals surface area contributed by atoms with Gasteiger partial charge < -0.3 is 9.47 Å². The molecule has 0 saturated heterocycles. The van der Waals surface area contributed by atoms with Gasteiger partial charge in [0.1, 0.15) is 0 Å². The van der Waals surface area contributed by atoms with Gasteiger partial charge in [0.15, 0.2) is 11.6 Å². The predicted octanol–water partition coefficient (Wildman–Crippen LogP) is 2.92. The van der Waals surface area contributed by atoms with E-state index < -0.39 is 11.8 Å². The van der Waals surface area contributed by atoms with Crippen molar-refractivity contribution in [1.29, 1.82) is 0 Å². The molecule has 94 valence electrons. The molecule has 0 unspecified atom stereocenters. The summed E-state index contributed by atoms with van der Waals surface area (Å²) in [6, 6.07) is 3.11. The van der Waals surface area contributed by atoms with Gasteiger partial charge in [-0.2, -0.15) is 0 Å². The van der Waals surface area contributed by atoms with Crippen LogP contribution in [0.5, 0.6) is 5.75 Å². The molecule has 1 aromatic carbocycles. The van der Waals surface area contributed by atoms with Crippen molar-refractivity contribution in [2.75, 3.05) is 14.2 Å². The lowest BCUT2D eigenvalue weighted by molar-refractivity contribution is 0.0594. The Balaban J connectivity index is 3.43. The zero-order valence-corrected chi connectivity index (χ0v) is 10.8. The Morgan fingerprint density at radius 3 is 2.24 bits per heavy atom. The van der Waals surface area contributed by atoms with E-state index in [4.69, 9.17) is 4.74 Å². The first-order chi connectivity index (χ1) is 7.82. The van der Waals surface area contributed by atoms with Crippen LogP contribution in [0.2, 0.25) is 0 Å². The average Bonchev–Trinajstić information content (AvgIpc) is 2.26. The van der Waals surface area contributed by atoms with Crippen LogP contribution in [-0.4, -0.2) is 20.2 Å². The molecule has 0 N–H and O–H groups in total. The minimum atomic E-state index is -0.707. The van der Waals surface area contributed by atoms with E-state index in [1.807, 2.05) is 20.8 Å². The fourth-order valence-corrected chi connectivity index (χ4v) is 1.61. The molecular formula is C13H17FO3. The maximum absolute atomic E-state index is 14.1. The van der Waals surface area contributed by atoms with E-state index in [0.29, 0.717) is 5.56 Å². The zero-order valence-electron chi connectivity index (χ0n) is 10.8. The molecule has 3 nitrogen and oxygen atoms in total. The zero-order chi connectivity index (χ0) is 13.2. The molecule has 0 atom stereocenters. The van der Waals surface area contributed by atoms with E-state index >= 15 is 0 Å². The van der Waals surface area contributed by atoms with Crippen LogP contribution in [-0.2, 0) is 10.2 Å². The molecule has 4 heteroatoms. The monoisotopic (exact) mass is 240 g/mol. The van der Waals surface area contributed by atoms with Crippen molar-refractivity contribution >= 4 is 5.97 Å². The van der Waals surface area contributed by atoms with Crippen LogP contribution in [0.25, 0.3) is 0 Å². The molecule has 0 aliphatic heterocycles. The van der Waals surface area contributed by atoms with Crippen molar-refractivity contribution in [3.05, 3.63) is 29.1 Å². The number of esters is 1. The normalized spacial score (nSPS) is 11.2. The summed E-state index contributed by atoms with van der Waals surface area (Å²) < 4.78 is 23.6. The molecule has 0 bridgehead atoms. The minimum Gasteiger partial charge on any atom is -0.493 e. The Hall–Kier alpha value is -1.58. The van der Waals surface area contributed by atoms with Crippen LogP contribution in [0.1, 0.15) is 36.7 Å². The molecule has 0 fully saturated rings. The molecule has 0 saturated carbocycles. The third kappa shape index (κ3) is 2.57. The molecular weight excluding hydrogens is 223 g/mol. The summed E-state index contributed by atoms with van der Waals surface area (Å²) in [6.45, 7) is 5.84. The molecule has 17 heavy (non-hydrogen) atoms. The number of hydrogen-bond donors (Lipinski definition) is 0. The van der Waals surface area contributed by atoms with Crippen molar-refractivity contribution in [2.45, 2.75) is 26.2 Å². The highest BCUT2D eigenvalue weighted by Crippen LogP contribution is 2.34. The lowest BCUT2D eigenvalue weighted by atomic mass is 9.85. The highest BCUT2D eigenvalue weighted by Gasteiger charge is 2.25. The number of methoxy groups -OCH3 is 2. The number of carbonyl (C=O) groups is 1. The Morgan fingerprint density at radius 1 is 1.24 bits per heavy atom. The largest absolute Gasteiger partial charge is 0.493 e. The Kier molecular flexibility index (Phi) is 3.76. The molecule has 1 aromatic rings. The highest BCUT2D eigenvalue weighted by molar-refractivity contribution is 5.90. The van der Waals surface area contributed by atoms with Crippen LogP contribution >= 0.6 is 0 Å². The number of carbonyl (C=O) groups excluding carboxylic acids is 1. The summed E-state index contributed by atoms with van der Waals surface area (Å²) in [4.78, 5) is 11.3. The predicted molar refractivity (Wildman–Crippen MR) is 63.0 cm³/mol. The summed E-state index contributed by atoms with van der Waals surface area (Å²) >= 11 is 0. The number of benzene rings is 1. The third-order valence-electron chi connectivity index (χ3n) is 2.51. The van der Waals surface area contributed by atoms with Gasteiger partial charge in [-0.25, -0.2) is 9.18 Å². The summed E-state index contributed by atoms with van der Waals surface area (Å²) in [5.74, 6) is -1.28. The van der Waals surface area contributed by atoms with Crippen molar-refractivity contribution in [3.8, 4) is 5.75 Å². The Morgan fingerprint density at radius 2 is 1.82 bits per heavy atom. The van der Waals surface area contributed by atoms with Crippen molar-refractivity contribution < 1.29 is 18.7 Å². The van der Waals surface area contributed by atoms with Gasteiger partial charge in [0.05, 0.1) is 19.8 Å². The van der Waals surface area contributed by atoms with Gasteiger partial charge in [-0.3, -0.25) is 0 Å². The fraction of sp³-hybridized carbons (Fsp3) is 0.462. The highest BCUT2D eigenvalue weighted by atomic mass is 19.1. The first kappa shape index (κ1) is 13.5. The average molecular weight is 240 g/mol. The summed E-state index contributed by atoms with van der Waals surface area (Å²) in [5.41, 5.74) is 0.336. The molecule has 0 spiro atoms. The van der Waals surface area contributed by atoms with E-state index in [1.165, 1.54) is 20.3 Å². The van der Waals surface area contributed by atoms with E-state index in [-0.39, 0.29) is 16.7 Å². The third-order valence-corrected chi connectivity index (χ3v) is 2.51. The van der Waals surface area contributed by atoms with Crippen LogP contribution < -0.4 is 4.74 Å². The second-order valence-corrected chi connectivity index (χ2v) is 4.75. The molecule has 0 amide bonds. The first-order valence-electron chi connectivity index (χ1n) is 5.28. The lowest BCUT2D eigenvalue weighted by Crippen LogP contribution is -2.16. The first-order valence-corrected chi connectivity index (χ1v) is 5.28. The van der Waals surface area contributed by atoms with Gasteiger partial charge in [0, 0.05) is 5.56 Å². The minimum absolute atomic E-state index is 0.0976. The smallest absolute Gasteiger partial charge is 0.340 e. The van der Waals surface area contributed by atoms with E-state index in [2.05, 4.69) is 4.74 Å². The molecule has 1 rings (SSSR count). The van der Waals surface area contributed by atoms with E-state index in [9.17, 15) is 9.18 Å². The van der Waals surface area contributed by atoms with E-state index in [0.717, 1.165) is 0 Å². The Labute approximate surface area is 101 Å². The fourth-order valence-electron chi connectivity index (χ4n) is 1.61. The molecule has 0 heterocycles. The van der Waals surface area contributed by atoms with E-state index in [1.54, 1.807) is 6.07 Å². The van der Waals surface area contributed by atoms with Gasteiger partial charge in [-0.15, -0.1) is 0 Å². The molecule has 0 aromatic heterocycles. The maximum atomic E-state index is 14.1. The quantitative estimate of drug-likeness (QED) is 0.745. The standard InChI is InChI=1S/C13H17FO3/c1-13(2,3)9-7-6-8(12(15)17-5)10(14)11(9)16-4/h6-7H,1-5H3. The van der Waals surface area contributed by atoms with Crippen LogP contribution in [0.15, 0.2) is 12.1 Å². The van der Waals surface area contributed by atoms with Gasteiger partial charge in [0.2, 0.25) is 0 Å². The van der Waals surface area contributed by atoms with Crippen molar-refractivity contribution in [2.24, 2.45) is 0 Å². The number of rotatable bonds is 2. The summed E-state index contributed by atoms with van der Waals surface area (Å²) in [7, 11) is 2.60. The van der Waals surface area contributed by atoms with Crippen molar-refractivity contribution in [3.63, 3.8) is 0 Å². The second kappa shape index (κ2) is 4.73. The second-order valence-electron chi connectivity index (χ2n) is 4.75. The van der Waals surface area contributed by atoms with Gasteiger partial charge in [-0.05, 0) is 11.5 Å². The Bertz CT molecular complexity index is 433. The molecule has 0 aliphatic carbocycles. The van der Waals surface area contributed by atoms with Gasteiger partial charge >= 0.3 is 5.97 Å². The van der Waals surface area contributed by atoms with Gasteiger partial charge in [0.25, 0.3) is 0 Å². The summed E-state index contributed by atoms with van der Waals surface area (Å²) in [5, 5.41) is 0. The lowest BCUT2D eigenvalue weighted by Gasteiger charge is -2.22. The van der Waals surface area contributed by atoms with Crippen LogP contribution in [0.3, 0.4) is 0 Å². The SMILES string of the molecule is COC(=O)c1ccc(C(C)(C)C)c(OC)c1F. The number of ether oxygens (including phenoxy) is 2. The number of hydrogen-bond acceptors (Lipinski definition) is 3. The van der Waals surface area contributed by atoms with Gasteiger partial charge in [-0.1, -0.05) is 26.8 Å². The molecule has 0 radical (unpaired) electrons. The van der Waals surface area contributed by atoms with Crippen LogP contribution in [0.4, 0.5) is 4.39 Å². The number of halogens is 1. The van der Waals surface area contributed by atoms with Crippen molar-refractivity contribution in [1.82, 2.24) is 0 Å². The maximum Gasteiger partial charge on any atom is 0.340 e. The van der Waals surface area contributed by atoms with Crippen LogP contribution in [0, 0.1) is 5.82 Å². The topological polar surface area (TPSA) is 35.5 Å². The molecule has 0 aliphatic rings.